The van der Waals surface area contributed by atoms with Crippen LogP contribution in [-0.2, 0) is 19.8 Å². The highest BCUT2D eigenvalue weighted by Gasteiger charge is 2.29. The Labute approximate surface area is 142 Å². The van der Waals surface area contributed by atoms with Crippen LogP contribution in [0.4, 0.5) is 5.69 Å². The highest BCUT2D eigenvalue weighted by molar-refractivity contribution is 5.91. The third-order valence-corrected chi connectivity index (χ3v) is 3.80. The molecular weight excluding hydrogens is 308 g/mol. The Morgan fingerprint density at radius 3 is 2.17 bits per heavy atom. The first-order chi connectivity index (χ1) is 11.3. The van der Waals surface area contributed by atoms with Crippen molar-refractivity contribution in [3.63, 3.8) is 0 Å². The second-order valence-electron chi connectivity index (χ2n) is 6.26. The van der Waals surface area contributed by atoms with Gasteiger partial charge < -0.3 is 15.7 Å². The zero-order valence-electron chi connectivity index (χ0n) is 14.5. The highest BCUT2D eigenvalue weighted by Crippen LogP contribution is 2.24. The van der Waals surface area contributed by atoms with E-state index in [1.165, 1.54) is 0 Å². The van der Waals surface area contributed by atoms with Gasteiger partial charge in [0.15, 0.2) is 0 Å². The number of rotatable bonds is 9. The number of carbonyl (C=O) groups is 3. The molecule has 132 valence electrons. The van der Waals surface area contributed by atoms with Gasteiger partial charge in [0.05, 0.1) is 5.41 Å². The van der Waals surface area contributed by atoms with E-state index in [-0.39, 0.29) is 18.2 Å². The largest absolute Gasteiger partial charge is 0.481 e. The van der Waals surface area contributed by atoms with Crippen LogP contribution < -0.4 is 10.6 Å². The molecule has 0 saturated carbocycles. The van der Waals surface area contributed by atoms with Crippen molar-refractivity contribution in [3.8, 4) is 0 Å². The van der Waals surface area contributed by atoms with Gasteiger partial charge in [0.1, 0.15) is 0 Å². The van der Waals surface area contributed by atoms with Crippen LogP contribution in [0.5, 0.6) is 0 Å². The molecule has 0 unspecified atom stereocenters. The molecule has 0 aliphatic rings. The molecule has 0 atom stereocenters. The summed E-state index contributed by atoms with van der Waals surface area (Å²) < 4.78 is 0. The third-order valence-electron chi connectivity index (χ3n) is 3.80. The number of carbonyl (C=O) groups excluding carboxylic acids is 2. The van der Waals surface area contributed by atoms with E-state index in [0.717, 1.165) is 6.42 Å². The molecule has 0 bridgehead atoms. The third kappa shape index (κ3) is 6.02. The SMILES string of the molecule is CCCNC(=O)CCCC(=O)Nc1ccc(C(C)(C)C(=O)O)cc1. The average molecular weight is 334 g/mol. The van der Waals surface area contributed by atoms with Crippen LogP contribution in [0.1, 0.15) is 52.0 Å². The Balaban J connectivity index is 2.45. The molecular formula is C18H26N2O4. The molecule has 1 aromatic rings. The lowest BCUT2D eigenvalue weighted by atomic mass is 9.85. The first-order valence-corrected chi connectivity index (χ1v) is 8.18. The molecule has 0 heterocycles. The van der Waals surface area contributed by atoms with E-state index in [2.05, 4.69) is 10.6 Å². The number of anilines is 1. The van der Waals surface area contributed by atoms with Crippen LogP contribution in [0.2, 0.25) is 0 Å². The van der Waals surface area contributed by atoms with E-state index in [1.54, 1.807) is 38.1 Å². The molecule has 0 aromatic heterocycles. The quantitative estimate of drug-likeness (QED) is 0.647. The molecule has 2 amide bonds. The van der Waals surface area contributed by atoms with Crippen LogP contribution >= 0.6 is 0 Å². The van der Waals surface area contributed by atoms with Crippen molar-refractivity contribution in [1.29, 1.82) is 0 Å². The first-order valence-electron chi connectivity index (χ1n) is 8.18. The summed E-state index contributed by atoms with van der Waals surface area (Å²) in [6, 6.07) is 6.77. The Kier molecular flexibility index (Phi) is 7.42. The maximum absolute atomic E-state index is 11.9. The second kappa shape index (κ2) is 9.05. The Hall–Kier alpha value is -2.37. The number of carboxylic acids is 1. The minimum Gasteiger partial charge on any atom is -0.481 e. The van der Waals surface area contributed by atoms with Crippen molar-refractivity contribution in [2.24, 2.45) is 0 Å². The molecule has 1 rings (SSSR count). The van der Waals surface area contributed by atoms with Crippen LogP contribution in [0.25, 0.3) is 0 Å². The smallest absolute Gasteiger partial charge is 0.313 e. The van der Waals surface area contributed by atoms with Crippen LogP contribution in [-0.4, -0.2) is 29.4 Å². The second-order valence-corrected chi connectivity index (χ2v) is 6.26. The fourth-order valence-corrected chi connectivity index (χ4v) is 2.08. The molecule has 1 aromatic carbocycles. The van der Waals surface area contributed by atoms with Crippen LogP contribution in [0.3, 0.4) is 0 Å². The predicted octanol–water partition coefficient (Wildman–Crippen LogP) is 2.68. The number of nitrogens with one attached hydrogen (secondary N) is 2. The van der Waals surface area contributed by atoms with Crippen molar-refractivity contribution >= 4 is 23.5 Å². The zero-order chi connectivity index (χ0) is 18.2. The number of hydrogen-bond donors (Lipinski definition) is 3. The molecule has 0 radical (unpaired) electrons. The van der Waals surface area contributed by atoms with Gasteiger partial charge >= 0.3 is 5.97 Å². The Bertz CT molecular complexity index is 579. The average Bonchev–Trinajstić information content (AvgIpc) is 2.53. The van der Waals surface area contributed by atoms with E-state index in [1.807, 2.05) is 6.92 Å². The van der Waals surface area contributed by atoms with Gasteiger partial charge in [0, 0.05) is 25.1 Å². The van der Waals surface area contributed by atoms with E-state index < -0.39 is 11.4 Å². The molecule has 6 heteroatoms. The summed E-state index contributed by atoms with van der Waals surface area (Å²) in [5.74, 6) is -1.10. The zero-order valence-corrected chi connectivity index (χ0v) is 14.5. The highest BCUT2D eigenvalue weighted by atomic mass is 16.4. The van der Waals surface area contributed by atoms with E-state index in [9.17, 15) is 19.5 Å². The van der Waals surface area contributed by atoms with E-state index in [0.29, 0.717) is 30.6 Å². The van der Waals surface area contributed by atoms with E-state index >= 15 is 0 Å². The molecule has 0 aliphatic heterocycles. The predicted molar refractivity (Wildman–Crippen MR) is 92.9 cm³/mol. The molecule has 6 nitrogen and oxygen atoms in total. The fourth-order valence-electron chi connectivity index (χ4n) is 2.08. The summed E-state index contributed by atoms with van der Waals surface area (Å²) in [4.78, 5) is 34.5. The summed E-state index contributed by atoms with van der Waals surface area (Å²) in [7, 11) is 0. The maximum Gasteiger partial charge on any atom is 0.313 e. The molecule has 0 spiro atoms. The van der Waals surface area contributed by atoms with Crippen molar-refractivity contribution in [2.45, 2.75) is 51.9 Å². The normalized spacial score (nSPS) is 11.0. The topological polar surface area (TPSA) is 95.5 Å². The van der Waals surface area contributed by atoms with Gasteiger partial charge in [-0.1, -0.05) is 19.1 Å². The standard InChI is InChI=1S/C18H26N2O4/c1-4-12-19-15(21)6-5-7-16(22)20-14-10-8-13(9-11-14)18(2,3)17(23)24/h8-11H,4-7,12H2,1-3H3,(H,19,21)(H,20,22)(H,23,24). The number of benzene rings is 1. The van der Waals surface area contributed by atoms with Crippen molar-refractivity contribution in [2.75, 3.05) is 11.9 Å². The van der Waals surface area contributed by atoms with Gasteiger partial charge in [-0.15, -0.1) is 0 Å². The fraction of sp³-hybridized carbons (Fsp3) is 0.500. The summed E-state index contributed by atoms with van der Waals surface area (Å²) in [5, 5.41) is 14.7. The number of amides is 2. The lowest BCUT2D eigenvalue weighted by molar-refractivity contribution is -0.142. The summed E-state index contributed by atoms with van der Waals surface area (Å²) in [5.41, 5.74) is 0.301. The molecule has 0 saturated heterocycles. The van der Waals surface area contributed by atoms with Crippen molar-refractivity contribution in [1.82, 2.24) is 5.32 Å². The molecule has 0 fully saturated rings. The molecule has 3 N–H and O–H groups in total. The van der Waals surface area contributed by atoms with Crippen LogP contribution in [0.15, 0.2) is 24.3 Å². The summed E-state index contributed by atoms with van der Waals surface area (Å²) in [6.45, 7) is 5.90. The first kappa shape index (κ1) is 19.7. The molecule has 0 aliphatic carbocycles. The number of carboxylic acid groups (broad SMARTS) is 1. The van der Waals surface area contributed by atoms with Crippen LogP contribution in [0, 0.1) is 0 Å². The number of hydrogen-bond acceptors (Lipinski definition) is 3. The Morgan fingerprint density at radius 2 is 1.62 bits per heavy atom. The maximum atomic E-state index is 11.9. The van der Waals surface area contributed by atoms with Crippen molar-refractivity contribution in [3.05, 3.63) is 29.8 Å². The van der Waals surface area contributed by atoms with Gasteiger partial charge in [-0.25, -0.2) is 0 Å². The van der Waals surface area contributed by atoms with Crippen molar-refractivity contribution < 1.29 is 19.5 Å². The van der Waals surface area contributed by atoms with Gasteiger partial charge in [0.25, 0.3) is 0 Å². The summed E-state index contributed by atoms with van der Waals surface area (Å²) in [6.07, 6.45) is 1.98. The number of aliphatic carboxylic acids is 1. The monoisotopic (exact) mass is 334 g/mol. The lowest BCUT2D eigenvalue weighted by Gasteiger charge is -2.19. The lowest BCUT2D eigenvalue weighted by Crippen LogP contribution is -2.28. The van der Waals surface area contributed by atoms with E-state index in [4.69, 9.17) is 0 Å². The summed E-state index contributed by atoms with van der Waals surface area (Å²) >= 11 is 0. The van der Waals surface area contributed by atoms with Gasteiger partial charge in [-0.2, -0.15) is 0 Å². The minimum absolute atomic E-state index is 0.0371. The molecule has 24 heavy (non-hydrogen) atoms. The van der Waals surface area contributed by atoms with Gasteiger partial charge in [0.2, 0.25) is 11.8 Å². The minimum atomic E-state index is -0.978. The van der Waals surface area contributed by atoms with Gasteiger partial charge in [-0.3, -0.25) is 14.4 Å². The Morgan fingerprint density at radius 1 is 1.04 bits per heavy atom. The van der Waals surface area contributed by atoms with Gasteiger partial charge in [-0.05, 0) is 44.4 Å².